The number of ether oxygens (including phenoxy) is 1. The first kappa shape index (κ1) is 15.8. The number of rotatable bonds is 4. The van der Waals surface area contributed by atoms with E-state index in [-0.39, 0.29) is 12.2 Å². The van der Waals surface area contributed by atoms with Crippen molar-refractivity contribution in [1.29, 1.82) is 0 Å². The van der Waals surface area contributed by atoms with Crippen LogP contribution in [0.3, 0.4) is 0 Å². The minimum absolute atomic E-state index is 0.157. The standard InChI is InChI=1S/C17H12Cl2N4O2/c18-10-5-6-15(12(19)7-10)25-9-11-8-16(24)23(22-11)17-20-13-3-1-2-4-14(13)21-17/h1-8,22H,9H2,(H,20,21). The first-order valence-electron chi connectivity index (χ1n) is 7.44. The van der Waals surface area contributed by atoms with Gasteiger partial charge in [0.05, 0.1) is 21.7 Å². The SMILES string of the molecule is O=c1cc(COc2ccc(Cl)cc2Cl)[nH]n1-c1nc2ccccc2[nH]1. The number of hydrogen-bond donors (Lipinski definition) is 2. The monoisotopic (exact) mass is 374 g/mol. The van der Waals surface area contributed by atoms with Gasteiger partial charge in [-0.2, -0.15) is 4.68 Å². The van der Waals surface area contributed by atoms with E-state index in [0.717, 1.165) is 11.0 Å². The van der Waals surface area contributed by atoms with Crippen LogP contribution in [0.25, 0.3) is 17.0 Å². The second kappa shape index (κ2) is 6.31. The quantitative estimate of drug-likeness (QED) is 0.568. The fourth-order valence-electron chi connectivity index (χ4n) is 2.47. The Morgan fingerprint density at radius 1 is 1.12 bits per heavy atom. The number of fused-ring (bicyclic) bond motifs is 1. The van der Waals surface area contributed by atoms with E-state index in [4.69, 9.17) is 27.9 Å². The molecule has 126 valence electrons. The van der Waals surface area contributed by atoms with E-state index in [0.29, 0.717) is 27.4 Å². The van der Waals surface area contributed by atoms with E-state index in [2.05, 4.69) is 15.1 Å². The molecule has 2 heterocycles. The minimum atomic E-state index is -0.236. The molecule has 0 atom stereocenters. The van der Waals surface area contributed by atoms with E-state index in [1.807, 2.05) is 24.3 Å². The molecule has 0 bridgehead atoms. The third-order valence-corrected chi connectivity index (χ3v) is 4.17. The average molecular weight is 375 g/mol. The van der Waals surface area contributed by atoms with Gasteiger partial charge in [-0.1, -0.05) is 35.3 Å². The topological polar surface area (TPSA) is 75.7 Å². The van der Waals surface area contributed by atoms with Gasteiger partial charge in [0.1, 0.15) is 12.4 Å². The van der Waals surface area contributed by atoms with E-state index in [1.165, 1.54) is 10.7 Å². The van der Waals surface area contributed by atoms with Gasteiger partial charge in [0.25, 0.3) is 5.56 Å². The second-order valence-electron chi connectivity index (χ2n) is 5.40. The number of imidazole rings is 1. The van der Waals surface area contributed by atoms with E-state index >= 15 is 0 Å². The average Bonchev–Trinajstić information content (AvgIpc) is 3.17. The third-order valence-electron chi connectivity index (χ3n) is 3.64. The molecule has 0 amide bonds. The lowest BCUT2D eigenvalue weighted by molar-refractivity contribution is 0.300. The predicted octanol–water partition coefficient (Wildman–Crippen LogP) is 3.93. The number of aromatic amines is 2. The Balaban J connectivity index is 1.58. The van der Waals surface area contributed by atoms with Crippen molar-refractivity contribution < 1.29 is 4.74 Å². The molecule has 6 nitrogen and oxygen atoms in total. The normalized spacial score (nSPS) is 11.1. The van der Waals surface area contributed by atoms with Crippen LogP contribution in [0.4, 0.5) is 0 Å². The molecular weight excluding hydrogens is 363 g/mol. The summed E-state index contributed by atoms with van der Waals surface area (Å²) < 4.78 is 6.97. The van der Waals surface area contributed by atoms with Gasteiger partial charge in [-0.25, -0.2) is 4.98 Å². The lowest BCUT2D eigenvalue weighted by Gasteiger charge is -2.06. The maximum atomic E-state index is 12.2. The third kappa shape index (κ3) is 3.14. The van der Waals surface area contributed by atoms with Gasteiger partial charge in [-0.15, -0.1) is 0 Å². The van der Waals surface area contributed by atoms with Crippen LogP contribution in [0.2, 0.25) is 10.0 Å². The highest BCUT2D eigenvalue weighted by molar-refractivity contribution is 6.35. The smallest absolute Gasteiger partial charge is 0.274 e. The van der Waals surface area contributed by atoms with Crippen molar-refractivity contribution in [2.45, 2.75) is 6.61 Å². The molecular formula is C17H12Cl2N4O2. The zero-order valence-electron chi connectivity index (χ0n) is 12.8. The van der Waals surface area contributed by atoms with E-state index in [1.54, 1.807) is 18.2 Å². The van der Waals surface area contributed by atoms with Crippen molar-refractivity contribution in [2.24, 2.45) is 0 Å². The Kier molecular flexibility index (Phi) is 3.99. The van der Waals surface area contributed by atoms with Crippen molar-refractivity contribution in [2.75, 3.05) is 0 Å². The van der Waals surface area contributed by atoms with Crippen LogP contribution in [-0.2, 0) is 6.61 Å². The van der Waals surface area contributed by atoms with E-state index in [9.17, 15) is 4.79 Å². The Morgan fingerprint density at radius 2 is 1.96 bits per heavy atom. The molecule has 4 aromatic rings. The highest BCUT2D eigenvalue weighted by Crippen LogP contribution is 2.28. The molecule has 25 heavy (non-hydrogen) atoms. The fraction of sp³-hybridized carbons (Fsp3) is 0.0588. The number of H-pyrrole nitrogens is 2. The van der Waals surface area contributed by atoms with Crippen LogP contribution >= 0.6 is 23.2 Å². The molecule has 8 heteroatoms. The molecule has 0 aliphatic heterocycles. The highest BCUT2D eigenvalue weighted by Gasteiger charge is 2.10. The van der Waals surface area contributed by atoms with E-state index < -0.39 is 0 Å². The van der Waals surface area contributed by atoms with Crippen molar-refractivity contribution in [3.63, 3.8) is 0 Å². The van der Waals surface area contributed by atoms with Gasteiger partial charge in [0, 0.05) is 11.1 Å². The molecule has 0 saturated heterocycles. The minimum Gasteiger partial charge on any atom is -0.486 e. The lowest BCUT2D eigenvalue weighted by Crippen LogP contribution is -2.14. The molecule has 0 radical (unpaired) electrons. The summed E-state index contributed by atoms with van der Waals surface area (Å²) in [5.41, 5.74) is 1.99. The molecule has 0 saturated carbocycles. The molecule has 4 rings (SSSR count). The van der Waals surface area contributed by atoms with Crippen LogP contribution in [0.15, 0.2) is 53.3 Å². The predicted molar refractivity (Wildman–Crippen MR) is 96.8 cm³/mol. The van der Waals surface area contributed by atoms with Gasteiger partial charge in [-0.3, -0.25) is 9.89 Å². The highest BCUT2D eigenvalue weighted by atomic mass is 35.5. The fourth-order valence-corrected chi connectivity index (χ4v) is 2.93. The van der Waals surface area contributed by atoms with Crippen molar-refractivity contribution in [3.05, 3.63) is 74.6 Å². The Labute approximate surface area is 152 Å². The van der Waals surface area contributed by atoms with Gasteiger partial charge in [0.2, 0.25) is 5.95 Å². The number of benzene rings is 2. The van der Waals surface area contributed by atoms with Crippen molar-refractivity contribution >= 4 is 34.2 Å². The molecule has 0 unspecified atom stereocenters. The van der Waals surface area contributed by atoms with Crippen LogP contribution < -0.4 is 10.3 Å². The number of hydrogen-bond acceptors (Lipinski definition) is 3. The first-order valence-corrected chi connectivity index (χ1v) is 8.20. The summed E-state index contributed by atoms with van der Waals surface area (Å²) in [5.74, 6) is 0.908. The summed E-state index contributed by atoms with van der Waals surface area (Å²) in [7, 11) is 0. The summed E-state index contributed by atoms with van der Waals surface area (Å²) in [4.78, 5) is 19.7. The number of nitrogens with one attached hydrogen (secondary N) is 2. The largest absolute Gasteiger partial charge is 0.486 e. The summed E-state index contributed by atoms with van der Waals surface area (Å²) in [6.07, 6.45) is 0. The maximum Gasteiger partial charge on any atom is 0.274 e. The molecule has 0 fully saturated rings. The summed E-state index contributed by atoms with van der Waals surface area (Å²) in [6, 6.07) is 14.0. The Hall–Kier alpha value is -2.70. The van der Waals surface area contributed by atoms with Crippen LogP contribution in [0, 0.1) is 0 Å². The number of aromatic nitrogens is 4. The number of para-hydroxylation sites is 2. The zero-order valence-corrected chi connectivity index (χ0v) is 14.3. The molecule has 2 aromatic carbocycles. The van der Waals surface area contributed by atoms with Gasteiger partial charge in [0.15, 0.2) is 0 Å². The molecule has 0 aliphatic rings. The van der Waals surface area contributed by atoms with Gasteiger partial charge in [-0.05, 0) is 30.3 Å². The van der Waals surface area contributed by atoms with Gasteiger partial charge < -0.3 is 9.72 Å². The molecule has 2 N–H and O–H groups in total. The summed E-state index contributed by atoms with van der Waals surface area (Å²) in [5, 5.41) is 3.91. The maximum absolute atomic E-state index is 12.2. The zero-order chi connectivity index (χ0) is 17.4. The molecule has 0 spiro atoms. The second-order valence-corrected chi connectivity index (χ2v) is 6.24. The van der Waals surface area contributed by atoms with Crippen LogP contribution in [-0.4, -0.2) is 19.7 Å². The molecule has 0 aliphatic carbocycles. The van der Waals surface area contributed by atoms with Gasteiger partial charge >= 0.3 is 0 Å². The van der Waals surface area contributed by atoms with Crippen LogP contribution in [0.5, 0.6) is 5.75 Å². The number of halogens is 2. The Bertz CT molecular complexity index is 1080. The molecule has 2 aromatic heterocycles. The number of nitrogens with zero attached hydrogens (tertiary/aromatic N) is 2. The van der Waals surface area contributed by atoms with Crippen molar-refractivity contribution in [1.82, 2.24) is 19.7 Å². The summed E-state index contributed by atoms with van der Waals surface area (Å²) >= 11 is 11.9. The van der Waals surface area contributed by atoms with Crippen LogP contribution in [0.1, 0.15) is 5.69 Å². The van der Waals surface area contributed by atoms with Crippen molar-refractivity contribution in [3.8, 4) is 11.7 Å². The Morgan fingerprint density at radius 3 is 2.76 bits per heavy atom. The lowest BCUT2D eigenvalue weighted by atomic mass is 10.3. The first-order chi connectivity index (χ1) is 12.1. The summed E-state index contributed by atoms with van der Waals surface area (Å²) in [6.45, 7) is 0.157.